The SMILES string of the molecule is COc1ccc(CC(=O)Nc2nc3c(s2)CNC3)cc1. The van der Waals surface area contributed by atoms with Gasteiger partial charge in [-0.25, -0.2) is 4.98 Å². The zero-order chi connectivity index (χ0) is 13.9. The molecule has 6 heteroatoms. The molecule has 20 heavy (non-hydrogen) atoms. The van der Waals surface area contributed by atoms with E-state index < -0.39 is 0 Å². The molecule has 5 nitrogen and oxygen atoms in total. The van der Waals surface area contributed by atoms with Crippen LogP contribution in [0.4, 0.5) is 5.13 Å². The van der Waals surface area contributed by atoms with Gasteiger partial charge in [-0.1, -0.05) is 12.1 Å². The maximum atomic E-state index is 12.0. The molecule has 0 atom stereocenters. The molecule has 1 aromatic heterocycles. The van der Waals surface area contributed by atoms with Crippen molar-refractivity contribution >= 4 is 22.4 Å². The van der Waals surface area contributed by atoms with Crippen LogP contribution in [0, 0.1) is 0 Å². The summed E-state index contributed by atoms with van der Waals surface area (Å²) in [6.45, 7) is 1.64. The number of hydrogen-bond acceptors (Lipinski definition) is 5. The molecule has 0 unspecified atom stereocenters. The third-order valence-electron chi connectivity index (χ3n) is 3.13. The summed E-state index contributed by atoms with van der Waals surface area (Å²) >= 11 is 1.54. The van der Waals surface area contributed by atoms with Crippen molar-refractivity contribution in [3.8, 4) is 5.75 Å². The Morgan fingerprint density at radius 1 is 1.40 bits per heavy atom. The summed E-state index contributed by atoms with van der Waals surface area (Å²) in [7, 11) is 1.62. The zero-order valence-electron chi connectivity index (χ0n) is 11.1. The minimum atomic E-state index is -0.0458. The average molecular weight is 289 g/mol. The molecule has 1 aromatic carbocycles. The molecular weight excluding hydrogens is 274 g/mol. The quantitative estimate of drug-likeness (QED) is 0.903. The van der Waals surface area contributed by atoms with E-state index in [1.807, 2.05) is 24.3 Å². The maximum absolute atomic E-state index is 12.0. The van der Waals surface area contributed by atoms with Gasteiger partial charge in [0, 0.05) is 18.0 Å². The van der Waals surface area contributed by atoms with Gasteiger partial charge in [-0.3, -0.25) is 4.79 Å². The summed E-state index contributed by atoms with van der Waals surface area (Å²) in [6, 6.07) is 7.49. The molecule has 0 radical (unpaired) electrons. The highest BCUT2D eigenvalue weighted by Gasteiger charge is 2.17. The van der Waals surface area contributed by atoms with Crippen LogP contribution in [0.25, 0.3) is 0 Å². The van der Waals surface area contributed by atoms with Crippen molar-refractivity contribution in [2.75, 3.05) is 12.4 Å². The lowest BCUT2D eigenvalue weighted by atomic mass is 10.1. The number of carbonyl (C=O) groups is 1. The highest BCUT2D eigenvalue weighted by molar-refractivity contribution is 7.15. The number of benzene rings is 1. The number of anilines is 1. The molecule has 0 aliphatic carbocycles. The second-order valence-electron chi connectivity index (χ2n) is 4.57. The Labute approximate surface area is 121 Å². The van der Waals surface area contributed by atoms with Crippen molar-refractivity contribution in [3.63, 3.8) is 0 Å². The van der Waals surface area contributed by atoms with E-state index in [4.69, 9.17) is 4.74 Å². The lowest BCUT2D eigenvalue weighted by Gasteiger charge is -2.04. The van der Waals surface area contributed by atoms with Crippen LogP contribution in [-0.4, -0.2) is 18.0 Å². The molecule has 2 heterocycles. The lowest BCUT2D eigenvalue weighted by molar-refractivity contribution is -0.115. The summed E-state index contributed by atoms with van der Waals surface area (Å²) in [4.78, 5) is 17.6. The second kappa shape index (κ2) is 5.60. The number of amides is 1. The topological polar surface area (TPSA) is 63.2 Å². The van der Waals surface area contributed by atoms with Gasteiger partial charge in [-0.15, -0.1) is 11.3 Å². The average Bonchev–Trinajstić information content (AvgIpc) is 3.00. The van der Waals surface area contributed by atoms with E-state index in [1.165, 1.54) is 4.88 Å². The fourth-order valence-electron chi connectivity index (χ4n) is 2.10. The second-order valence-corrected chi connectivity index (χ2v) is 5.65. The monoisotopic (exact) mass is 289 g/mol. The smallest absolute Gasteiger partial charge is 0.230 e. The van der Waals surface area contributed by atoms with Crippen LogP contribution in [0.3, 0.4) is 0 Å². The molecule has 104 valence electrons. The van der Waals surface area contributed by atoms with Gasteiger partial charge in [0.25, 0.3) is 0 Å². The van der Waals surface area contributed by atoms with Gasteiger partial charge in [0.15, 0.2) is 5.13 Å². The van der Waals surface area contributed by atoms with Crippen LogP contribution in [0.2, 0.25) is 0 Å². The van der Waals surface area contributed by atoms with Gasteiger partial charge in [0.05, 0.1) is 19.2 Å². The number of rotatable bonds is 4. The molecule has 1 amide bonds. The number of hydrogen-bond donors (Lipinski definition) is 2. The molecule has 0 saturated heterocycles. The van der Waals surface area contributed by atoms with Gasteiger partial charge >= 0.3 is 0 Å². The molecule has 1 aliphatic heterocycles. The minimum Gasteiger partial charge on any atom is -0.497 e. The summed E-state index contributed by atoms with van der Waals surface area (Å²) in [5, 5.41) is 6.77. The van der Waals surface area contributed by atoms with E-state index in [2.05, 4.69) is 15.6 Å². The van der Waals surface area contributed by atoms with Gasteiger partial charge in [0.1, 0.15) is 5.75 Å². The van der Waals surface area contributed by atoms with E-state index in [0.29, 0.717) is 11.6 Å². The standard InChI is InChI=1S/C14H15N3O2S/c1-19-10-4-2-9(3-5-10)6-13(18)17-14-16-11-7-15-8-12(11)20-14/h2-5,15H,6-8H2,1H3,(H,16,17,18). The predicted octanol–water partition coefficient (Wildman–Crippen LogP) is 1.94. The molecule has 0 saturated carbocycles. The van der Waals surface area contributed by atoms with Crippen molar-refractivity contribution in [1.29, 1.82) is 0 Å². The minimum absolute atomic E-state index is 0.0458. The maximum Gasteiger partial charge on any atom is 0.230 e. The molecule has 0 spiro atoms. The number of aromatic nitrogens is 1. The third kappa shape index (κ3) is 2.81. The Morgan fingerprint density at radius 2 is 2.20 bits per heavy atom. The van der Waals surface area contributed by atoms with Crippen molar-refractivity contribution in [2.24, 2.45) is 0 Å². The first kappa shape index (κ1) is 13.1. The van der Waals surface area contributed by atoms with E-state index in [0.717, 1.165) is 30.1 Å². The number of fused-ring (bicyclic) bond motifs is 1. The molecule has 0 fully saturated rings. The van der Waals surface area contributed by atoms with Crippen molar-refractivity contribution < 1.29 is 9.53 Å². The Balaban J connectivity index is 1.60. The molecule has 0 bridgehead atoms. The lowest BCUT2D eigenvalue weighted by Crippen LogP contribution is -2.14. The molecule has 1 aliphatic rings. The Hall–Kier alpha value is -1.92. The van der Waals surface area contributed by atoms with E-state index in [1.54, 1.807) is 18.4 Å². The van der Waals surface area contributed by atoms with Crippen molar-refractivity contribution in [1.82, 2.24) is 10.3 Å². The van der Waals surface area contributed by atoms with Crippen LogP contribution in [0.1, 0.15) is 16.1 Å². The van der Waals surface area contributed by atoms with Crippen LogP contribution in [0.5, 0.6) is 5.75 Å². The van der Waals surface area contributed by atoms with Gasteiger partial charge in [0.2, 0.25) is 5.91 Å². The van der Waals surface area contributed by atoms with Crippen LogP contribution >= 0.6 is 11.3 Å². The Kier molecular flexibility index (Phi) is 3.66. The van der Waals surface area contributed by atoms with Gasteiger partial charge in [-0.05, 0) is 17.7 Å². The van der Waals surface area contributed by atoms with Crippen LogP contribution < -0.4 is 15.4 Å². The number of thiazole rings is 1. The van der Waals surface area contributed by atoms with E-state index in [9.17, 15) is 4.79 Å². The summed E-state index contributed by atoms with van der Waals surface area (Å²) in [6.07, 6.45) is 0.340. The molecule has 3 rings (SSSR count). The number of nitrogens with one attached hydrogen (secondary N) is 2. The summed E-state index contributed by atoms with van der Waals surface area (Å²) < 4.78 is 5.09. The first-order valence-corrected chi connectivity index (χ1v) is 7.18. The van der Waals surface area contributed by atoms with Crippen LogP contribution in [-0.2, 0) is 24.3 Å². The number of ether oxygens (including phenoxy) is 1. The fraction of sp³-hybridized carbons (Fsp3) is 0.286. The van der Waals surface area contributed by atoms with Gasteiger partial charge in [-0.2, -0.15) is 0 Å². The fourth-order valence-corrected chi connectivity index (χ4v) is 3.06. The van der Waals surface area contributed by atoms with Gasteiger partial charge < -0.3 is 15.4 Å². The van der Waals surface area contributed by atoms with E-state index >= 15 is 0 Å². The number of methoxy groups -OCH3 is 1. The summed E-state index contributed by atoms with van der Waals surface area (Å²) in [5.74, 6) is 0.744. The number of nitrogens with zero attached hydrogens (tertiary/aromatic N) is 1. The predicted molar refractivity (Wildman–Crippen MR) is 78.0 cm³/mol. The van der Waals surface area contributed by atoms with E-state index in [-0.39, 0.29) is 5.91 Å². The first-order chi connectivity index (χ1) is 9.74. The highest BCUT2D eigenvalue weighted by Crippen LogP contribution is 2.26. The molecule has 2 N–H and O–H groups in total. The normalized spacial score (nSPS) is 13.1. The van der Waals surface area contributed by atoms with Crippen molar-refractivity contribution in [2.45, 2.75) is 19.5 Å². The Bertz CT molecular complexity index is 600. The Morgan fingerprint density at radius 3 is 2.90 bits per heavy atom. The molecular formula is C14H15N3O2S. The first-order valence-electron chi connectivity index (χ1n) is 6.36. The molecule has 2 aromatic rings. The van der Waals surface area contributed by atoms with Crippen molar-refractivity contribution in [3.05, 3.63) is 40.4 Å². The summed E-state index contributed by atoms with van der Waals surface area (Å²) in [5.41, 5.74) is 2.00. The third-order valence-corrected chi connectivity index (χ3v) is 4.14. The highest BCUT2D eigenvalue weighted by atomic mass is 32.1. The zero-order valence-corrected chi connectivity index (χ0v) is 11.9. The largest absolute Gasteiger partial charge is 0.497 e. The number of carbonyl (C=O) groups excluding carboxylic acids is 1. The van der Waals surface area contributed by atoms with Crippen LogP contribution in [0.15, 0.2) is 24.3 Å².